The Kier molecular flexibility index (Phi) is 12.1. The van der Waals surface area contributed by atoms with Gasteiger partial charge in [-0.25, -0.2) is 14.4 Å². The number of carboxylic acids is 1. The van der Waals surface area contributed by atoms with Gasteiger partial charge in [0, 0.05) is 65.2 Å². The first-order chi connectivity index (χ1) is 16.3. The van der Waals surface area contributed by atoms with E-state index in [2.05, 4.69) is 0 Å². The highest BCUT2D eigenvalue weighted by Gasteiger charge is 2.25. The molecule has 3 N–H and O–H groups in total. The van der Waals surface area contributed by atoms with Gasteiger partial charge in [-0.15, -0.1) is 0 Å². The number of hydrogen-bond acceptors (Lipinski definition) is 6. The molecule has 0 aliphatic carbocycles. The first-order valence-corrected chi connectivity index (χ1v) is 11.7. The largest absolute Gasteiger partial charge is 0.481 e. The normalized spacial score (nSPS) is 16.9. The van der Waals surface area contributed by atoms with E-state index in [1.54, 1.807) is 20.8 Å². The first kappa shape index (κ1) is 29.8. The Bertz CT molecular complexity index is 754. The van der Waals surface area contributed by atoms with E-state index in [0.717, 1.165) is 9.80 Å². The standard InChI is InChI=1S/C22H38N4O9/c1-22(2,3)35-21(34)26-12-5-9-23(17(27)7-4-8-18(28)29)13-14-24(19(30)31)10-6-11-25(15-16-26)20(32)33/h4-16H2,1-3H3,(H,28,29)(H,30,31)(H,32,33). The molecule has 0 radical (unpaired) electrons. The number of carbonyl (C=O) groups excluding carboxylic acids is 2. The quantitative estimate of drug-likeness (QED) is 0.521. The van der Waals surface area contributed by atoms with Crippen molar-refractivity contribution < 1.29 is 44.0 Å². The lowest BCUT2D eigenvalue weighted by molar-refractivity contribution is -0.137. The van der Waals surface area contributed by atoms with E-state index in [0.29, 0.717) is 6.42 Å². The van der Waals surface area contributed by atoms with E-state index in [1.807, 2.05) is 0 Å². The molecule has 1 saturated heterocycles. The maximum atomic E-state index is 12.7. The molecular weight excluding hydrogens is 464 g/mol. The van der Waals surface area contributed by atoms with Crippen molar-refractivity contribution in [1.82, 2.24) is 19.6 Å². The Morgan fingerprint density at radius 3 is 1.54 bits per heavy atom. The zero-order valence-electron chi connectivity index (χ0n) is 20.8. The molecule has 0 aromatic heterocycles. The highest BCUT2D eigenvalue weighted by molar-refractivity contribution is 5.77. The van der Waals surface area contributed by atoms with E-state index in [4.69, 9.17) is 9.84 Å². The van der Waals surface area contributed by atoms with Gasteiger partial charge < -0.3 is 39.7 Å². The summed E-state index contributed by atoms with van der Waals surface area (Å²) >= 11 is 0. The molecule has 0 aromatic rings. The Hall–Kier alpha value is -3.25. The maximum Gasteiger partial charge on any atom is 0.410 e. The number of amides is 4. The minimum Gasteiger partial charge on any atom is -0.481 e. The van der Waals surface area contributed by atoms with Crippen LogP contribution in [0.4, 0.5) is 14.4 Å². The van der Waals surface area contributed by atoms with Crippen LogP contribution in [0.3, 0.4) is 0 Å². The van der Waals surface area contributed by atoms with E-state index < -0.39 is 29.9 Å². The molecule has 200 valence electrons. The molecule has 13 heteroatoms. The zero-order chi connectivity index (χ0) is 26.6. The van der Waals surface area contributed by atoms with Crippen LogP contribution < -0.4 is 0 Å². The summed E-state index contributed by atoms with van der Waals surface area (Å²) in [6.07, 6.45) is -2.29. The summed E-state index contributed by atoms with van der Waals surface area (Å²) < 4.78 is 5.45. The van der Waals surface area contributed by atoms with Crippen LogP contribution in [0.1, 0.15) is 52.9 Å². The second kappa shape index (κ2) is 14.2. The lowest BCUT2D eigenvalue weighted by Gasteiger charge is -2.32. The van der Waals surface area contributed by atoms with E-state index in [1.165, 1.54) is 9.80 Å². The molecular formula is C22H38N4O9. The second-order valence-electron chi connectivity index (χ2n) is 9.34. The van der Waals surface area contributed by atoms with Gasteiger partial charge >= 0.3 is 24.2 Å². The molecule has 1 aliphatic rings. The number of carbonyl (C=O) groups is 5. The monoisotopic (exact) mass is 502 g/mol. The summed E-state index contributed by atoms with van der Waals surface area (Å²) in [4.78, 5) is 64.6. The third-order valence-corrected chi connectivity index (χ3v) is 5.32. The zero-order valence-corrected chi connectivity index (χ0v) is 20.8. The molecule has 0 saturated carbocycles. The van der Waals surface area contributed by atoms with Crippen LogP contribution >= 0.6 is 0 Å². The Labute approximate surface area is 205 Å². The lowest BCUT2D eigenvalue weighted by Crippen LogP contribution is -2.46. The van der Waals surface area contributed by atoms with Crippen molar-refractivity contribution in [3.63, 3.8) is 0 Å². The number of aliphatic carboxylic acids is 1. The van der Waals surface area contributed by atoms with E-state index in [9.17, 15) is 34.2 Å². The number of rotatable bonds is 4. The van der Waals surface area contributed by atoms with Crippen molar-refractivity contribution in [2.45, 2.75) is 58.5 Å². The van der Waals surface area contributed by atoms with Crippen LogP contribution in [0.5, 0.6) is 0 Å². The lowest BCUT2D eigenvalue weighted by atomic mass is 10.2. The topological polar surface area (TPSA) is 168 Å². The molecule has 1 fully saturated rings. The second-order valence-corrected chi connectivity index (χ2v) is 9.34. The SMILES string of the molecule is CC(C)(C)OC(=O)N1CCCN(C(=O)CCCC(=O)O)CCN(C(=O)O)CCCN(C(=O)O)CC1. The van der Waals surface area contributed by atoms with Gasteiger partial charge in [0.05, 0.1) is 0 Å². The molecule has 0 atom stereocenters. The average molecular weight is 503 g/mol. The fourth-order valence-electron chi connectivity index (χ4n) is 3.52. The van der Waals surface area contributed by atoms with Crippen molar-refractivity contribution in [3.05, 3.63) is 0 Å². The van der Waals surface area contributed by atoms with Crippen LogP contribution in [0.25, 0.3) is 0 Å². The van der Waals surface area contributed by atoms with Gasteiger partial charge in [0.2, 0.25) is 5.91 Å². The van der Waals surface area contributed by atoms with Crippen LogP contribution in [0.2, 0.25) is 0 Å². The summed E-state index contributed by atoms with van der Waals surface area (Å²) in [7, 11) is 0. The summed E-state index contributed by atoms with van der Waals surface area (Å²) in [6, 6.07) is 0. The fraction of sp³-hybridized carbons (Fsp3) is 0.773. The van der Waals surface area contributed by atoms with Crippen LogP contribution in [-0.4, -0.2) is 123 Å². The highest BCUT2D eigenvalue weighted by atomic mass is 16.6. The average Bonchev–Trinajstić information content (AvgIpc) is 2.72. The van der Waals surface area contributed by atoms with Gasteiger partial charge in [-0.2, -0.15) is 0 Å². The Balaban J connectivity index is 3.02. The van der Waals surface area contributed by atoms with Gasteiger partial charge in [0.25, 0.3) is 0 Å². The summed E-state index contributed by atoms with van der Waals surface area (Å²) in [5.74, 6) is -1.29. The van der Waals surface area contributed by atoms with Crippen molar-refractivity contribution in [1.29, 1.82) is 0 Å². The summed E-state index contributed by atoms with van der Waals surface area (Å²) in [6.45, 7) is 6.01. The van der Waals surface area contributed by atoms with Crippen molar-refractivity contribution in [2.24, 2.45) is 0 Å². The van der Waals surface area contributed by atoms with Crippen molar-refractivity contribution in [3.8, 4) is 0 Å². The minimum atomic E-state index is -1.17. The predicted molar refractivity (Wildman–Crippen MR) is 124 cm³/mol. The molecule has 1 aliphatic heterocycles. The summed E-state index contributed by atoms with van der Waals surface area (Å²) in [5.41, 5.74) is -0.741. The Morgan fingerprint density at radius 2 is 1.09 bits per heavy atom. The van der Waals surface area contributed by atoms with Gasteiger partial charge in [0.15, 0.2) is 0 Å². The van der Waals surface area contributed by atoms with E-state index >= 15 is 0 Å². The molecule has 0 unspecified atom stereocenters. The minimum absolute atomic E-state index is 0.0166. The number of ether oxygens (including phenoxy) is 1. The predicted octanol–water partition coefficient (Wildman–Crippen LogP) is 2.06. The Morgan fingerprint density at radius 1 is 0.657 bits per heavy atom. The molecule has 0 bridgehead atoms. The molecule has 1 rings (SSSR count). The van der Waals surface area contributed by atoms with Gasteiger partial charge in [-0.1, -0.05) is 0 Å². The number of hydrogen-bond donors (Lipinski definition) is 3. The maximum absolute atomic E-state index is 12.7. The van der Waals surface area contributed by atoms with Gasteiger partial charge in [-0.05, 0) is 40.0 Å². The molecule has 13 nitrogen and oxygen atoms in total. The number of carboxylic acid groups (broad SMARTS) is 3. The smallest absolute Gasteiger partial charge is 0.410 e. The molecule has 4 amide bonds. The molecule has 0 spiro atoms. The van der Waals surface area contributed by atoms with Gasteiger partial charge in [-0.3, -0.25) is 9.59 Å². The van der Waals surface area contributed by atoms with Crippen molar-refractivity contribution in [2.75, 3.05) is 52.4 Å². The number of nitrogens with zero attached hydrogens (tertiary/aromatic N) is 4. The van der Waals surface area contributed by atoms with E-state index in [-0.39, 0.29) is 83.9 Å². The molecule has 0 aromatic carbocycles. The summed E-state index contributed by atoms with van der Waals surface area (Å²) in [5, 5.41) is 27.8. The van der Waals surface area contributed by atoms with Crippen LogP contribution in [-0.2, 0) is 14.3 Å². The fourth-order valence-corrected chi connectivity index (χ4v) is 3.52. The molecule has 35 heavy (non-hydrogen) atoms. The van der Waals surface area contributed by atoms with Gasteiger partial charge in [0.1, 0.15) is 5.60 Å². The van der Waals surface area contributed by atoms with Crippen LogP contribution in [0.15, 0.2) is 0 Å². The third-order valence-electron chi connectivity index (χ3n) is 5.32. The highest BCUT2D eigenvalue weighted by Crippen LogP contribution is 2.12. The van der Waals surface area contributed by atoms with Crippen molar-refractivity contribution >= 4 is 30.2 Å². The molecule has 1 heterocycles. The first-order valence-electron chi connectivity index (χ1n) is 11.7. The van der Waals surface area contributed by atoms with Crippen LogP contribution in [0, 0.1) is 0 Å². The third kappa shape index (κ3) is 12.1.